The van der Waals surface area contributed by atoms with Gasteiger partial charge in [0.1, 0.15) is 11.9 Å². The highest BCUT2D eigenvalue weighted by atomic mass is 16.5. The number of H-pyrrole nitrogens is 1. The molecule has 0 fully saturated rings. The fourth-order valence-electron chi connectivity index (χ4n) is 4.37. The molecule has 0 saturated carbocycles. The van der Waals surface area contributed by atoms with E-state index in [0.717, 1.165) is 34.0 Å². The Morgan fingerprint density at radius 2 is 2.10 bits per heavy atom. The summed E-state index contributed by atoms with van der Waals surface area (Å²) >= 11 is 0. The van der Waals surface area contributed by atoms with Crippen molar-refractivity contribution >= 4 is 22.8 Å². The molecule has 0 radical (unpaired) electrons. The van der Waals surface area contributed by atoms with Gasteiger partial charge >= 0.3 is 0 Å². The van der Waals surface area contributed by atoms with E-state index in [2.05, 4.69) is 22.1 Å². The number of likely N-dealkylation sites (N-methyl/N-ethyl adjacent to an activating group) is 1. The first kappa shape index (κ1) is 19.6. The van der Waals surface area contributed by atoms with Crippen LogP contribution in [0.4, 0.5) is 0 Å². The van der Waals surface area contributed by atoms with Gasteiger partial charge in [0.25, 0.3) is 5.91 Å². The number of guanidine groups is 1. The number of rotatable bonds is 5. The highest BCUT2D eigenvalue weighted by molar-refractivity contribution is 6.07. The Balaban J connectivity index is 1.59. The smallest absolute Gasteiger partial charge is 0.261 e. The van der Waals surface area contributed by atoms with Crippen LogP contribution in [-0.2, 0) is 15.1 Å². The van der Waals surface area contributed by atoms with E-state index in [-0.39, 0.29) is 18.0 Å². The molecule has 8 nitrogen and oxygen atoms in total. The number of fused-ring (bicyclic) bond motifs is 3. The number of carbonyl (C=O) groups is 1. The predicted molar refractivity (Wildman–Crippen MR) is 118 cm³/mol. The van der Waals surface area contributed by atoms with E-state index >= 15 is 0 Å². The average Bonchev–Trinajstić information content (AvgIpc) is 3.33. The molecule has 2 aliphatic rings. The second kappa shape index (κ2) is 7.39. The molecule has 3 N–H and O–H groups in total. The van der Waals surface area contributed by atoms with Gasteiger partial charge < -0.3 is 15.2 Å². The summed E-state index contributed by atoms with van der Waals surface area (Å²) in [6, 6.07) is 12.0. The van der Waals surface area contributed by atoms with Gasteiger partial charge in [-0.25, -0.2) is 4.99 Å². The summed E-state index contributed by atoms with van der Waals surface area (Å²) in [4.78, 5) is 19.4. The maximum Gasteiger partial charge on any atom is 0.261 e. The second-order valence-corrected chi connectivity index (χ2v) is 8.10. The van der Waals surface area contributed by atoms with Crippen LogP contribution in [0.2, 0.25) is 0 Å². The molecule has 3 heterocycles. The molecule has 2 aliphatic heterocycles. The van der Waals surface area contributed by atoms with Crippen molar-refractivity contribution in [2.24, 2.45) is 10.7 Å². The largest absolute Gasteiger partial charge is 0.488 e. The fourth-order valence-corrected chi connectivity index (χ4v) is 4.37. The normalized spacial score (nSPS) is 22.6. The topological polar surface area (TPSA) is 106 Å². The molecule has 2 atom stereocenters. The third-order valence-electron chi connectivity index (χ3n) is 5.98. The molecule has 31 heavy (non-hydrogen) atoms. The number of aromatic amines is 1. The first-order valence-corrected chi connectivity index (χ1v) is 10.5. The maximum absolute atomic E-state index is 13.3. The lowest BCUT2D eigenvalue weighted by molar-refractivity contribution is -0.132. The first-order chi connectivity index (χ1) is 15.0. The minimum Gasteiger partial charge on any atom is -0.488 e. The number of nitrogens with zero attached hydrogens (tertiary/aromatic N) is 3. The molecule has 1 spiro atoms. The number of nitrogens with one attached hydrogen (secondary N) is 1. The number of amides is 1. The van der Waals surface area contributed by atoms with Crippen LogP contribution in [0, 0.1) is 0 Å². The van der Waals surface area contributed by atoms with Gasteiger partial charge in [0.15, 0.2) is 11.5 Å². The van der Waals surface area contributed by atoms with Crippen molar-refractivity contribution in [1.29, 1.82) is 0 Å². The van der Waals surface area contributed by atoms with E-state index in [1.807, 2.05) is 36.4 Å². The minimum absolute atomic E-state index is 0.142. The van der Waals surface area contributed by atoms with E-state index in [9.17, 15) is 4.79 Å². The quantitative estimate of drug-likeness (QED) is 0.619. The Morgan fingerprint density at radius 3 is 2.87 bits per heavy atom. The van der Waals surface area contributed by atoms with Gasteiger partial charge in [0.2, 0.25) is 0 Å². The van der Waals surface area contributed by atoms with E-state index in [0.29, 0.717) is 25.4 Å². The van der Waals surface area contributed by atoms with Crippen molar-refractivity contribution in [1.82, 2.24) is 15.1 Å². The second-order valence-electron chi connectivity index (χ2n) is 8.10. The number of aromatic nitrogens is 2. The van der Waals surface area contributed by atoms with Crippen LogP contribution in [0.25, 0.3) is 22.0 Å². The zero-order chi connectivity index (χ0) is 21.6. The molecule has 160 valence electrons. The van der Waals surface area contributed by atoms with Crippen molar-refractivity contribution in [3.05, 3.63) is 48.2 Å². The molecule has 0 unspecified atom stereocenters. The Labute approximate surface area is 180 Å². The molecule has 2 aromatic carbocycles. The van der Waals surface area contributed by atoms with Crippen LogP contribution < -0.4 is 10.5 Å². The van der Waals surface area contributed by atoms with E-state index in [1.165, 1.54) is 4.90 Å². The van der Waals surface area contributed by atoms with E-state index < -0.39 is 5.54 Å². The van der Waals surface area contributed by atoms with E-state index in [1.54, 1.807) is 13.2 Å². The Kier molecular flexibility index (Phi) is 4.66. The number of ether oxygens (including phenoxy) is 2. The molecule has 8 heteroatoms. The van der Waals surface area contributed by atoms with Crippen LogP contribution in [0.15, 0.2) is 47.6 Å². The minimum atomic E-state index is -1.10. The number of nitrogens with two attached hydrogens (primary N) is 1. The average molecular weight is 419 g/mol. The van der Waals surface area contributed by atoms with Gasteiger partial charge in [-0.3, -0.25) is 14.8 Å². The summed E-state index contributed by atoms with van der Waals surface area (Å²) in [5, 5.41) is 8.14. The Hall–Kier alpha value is -3.39. The van der Waals surface area contributed by atoms with Crippen LogP contribution in [0.3, 0.4) is 0 Å². The van der Waals surface area contributed by atoms with Gasteiger partial charge in [-0.1, -0.05) is 25.1 Å². The Bertz CT molecular complexity index is 1190. The number of carbonyl (C=O) groups excluding carboxylic acids is 1. The van der Waals surface area contributed by atoms with Crippen molar-refractivity contribution in [2.45, 2.75) is 31.4 Å². The van der Waals surface area contributed by atoms with Gasteiger partial charge in [-0.15, -0.1) is 0 Å². The van der Waals surface area contributed by atoms with Gasteiger partial charge in [0, 0.05) is 31.0 Å². The summed E-state index contributed by atoms with van der Waals surface area (Å²) < 4.78 is 11.9. The lowest BCUT2D eigenvalue weighted by atomic mass is 9.80. The van der Waals surface area contributed by atoms with Crippen molar-refractivity contribution in [3.8, 4) is 16.9 Å². The molecule has 1 amide bonds. The molecule has 0 aliphatic carbocycles. The first-order valence-electron chi connectivity index (χ1n) is 10.5. The summed E-state index contributed by atoms with van der Waals surface area (Å²) in [6.45, 7) is 3.11. The molecule has 3 aromatic rings. The van der Waals surface area contributed by atoms with Crippen LogP contribution >= 0.6 is 0 Å². The summed E-state index contributed by atoms with van der Waals surface area (Å²) in [6.07, 6.45) is 2.82. The molecule has 5 rings (SSSR count). The number of hydrogen-bond acceptors (Lipinski definition) is 6. The van der Waals surface area contributed by atoms with Crippen LogP contribution in [0.5, 0.6) is 5.75 Å². The molecule has 0 saturated heterocycles. The predicted octanol–water partition coefficient (Wildman–Crippen LogP) is 2.79. The number of hydrogen-bond donors (Lipinski definition) is 2. The summed E-state index contributed by atoms with van der Waals surface area (Å²) in [5.41, 5.74) is 8.64. The highest BCUT2D eigenvalue weighted by Crippen LogP contribution is 2.47. The monoisotopic (exact) mass is 419 g/mol. The zero-order valence-corrected chi connectivity index (χ0v) is 17.6. The van der Waals surface area contributed by atoms with Gasteiger partial charge in [-0.2, -0.15) is 5.10 Å². The standard InChI is InChI=1S/C23H25N5O3/c1-3-8-30-13-17-11-23(21(29)28(2)22(24)26-23)18-9-14(6-7-20(18)31-17)15-4-5-16-12-25-27-19(16)10-15/h4-7,9-10,12,17H,3,8,11,13H2,1-2H3,(H2,24,26)(H,25,27)/t17-,23-/m0/s1. The lowest BCUT2D eigenvalue weighted by Crippen LogP contribution is -2.46. The third-order valence-corrected chi connectivity index (χ3v) is 5.98. The van der Waals surface area contributed by atoms with Gasteiger partial charge in [0.05, 0.1) is 18.3 Å². The van der Waals surface area contributed by atoms with Crippen molar-refractivity contribution < 1.29 is 14.3 Å². The van der Waals surface area contributed by atoms with Crippen molar-refractivity contribution in [2.75, 3.05) is 20.3 Å². The molecular formula is C23H25N5O3. The Morgan fingerprint density at radius 1 is 1.29 bits per heavy atom. The van der Waals surface area contributed by atoms with Crippen molar-refractivity contribution in [3.63, 3.8) is 0 Å². The molecule has 0 bridgehead atoms. The summed E-state index contributed by atoms with van der Waals surface area (Å²) in [5.74, 6) is 0.717. The fraction of sp³-hybridized carbons (Fsp3) is 0.348. The lowest BCUT2D eigenvalue weighted by Gasteiger charge is -2.36. The number of benzene rings is 2. The van der Waals surface area contributed by atoms with E-state index in [4.69, 9.17) is 15.2 Å². The van der Waals surface area contributed by atoms with Crippen LogP contribution in [0.1, 0.15) is 25.3 Å². The van der Waals surface area contributed by atoms with Crippen LogP contribution in [-0.4, -0.2) is 53.3 Å². The SMILES string of the molecule is CCCOC[C@@H]1C[C@]2(N=C(N)N(C)C2=O)c2cc(-c3ccc4cn[nH]c4c3)ccc2O1. The molecular weight excluding hydrogens is 394 g/mol. The highest BCUT2D eigenvalue weighted by Gasteiger charge is 2.53. The summed E-state index contributed by atoms with van der Waals surface area (Å²) in [7, 11) is 1.66. The van der Waals surface area contributed by atoms with Gasteiger partial charge in [-0.05, 0) is 35.7 Å². The molecule has 1 aromatic heterocycles. The maximum atomic E-state index is 13.3. The number of aliphatic imine (C=N–C) groups is 1. The zero-order valence-electron chi connectivity index (χ0n) is 17.6. The third kappa shape index (κ3) is 3.14.